The smallest absolute Gasteiger partial charge is 0.248 e. The topological polar surface area (TPSA) is 86.2 Å². The van der Waals surface area contributed by atoms with E-state index >= 15 is 0 Å². The third-order valence-electron chi connectivity index (χ3n) is 2.45. The molecule has 0 fully saturated rings. The molecular weight excluding hydrogens is 255 g/mol. The third-order valence-corrected chi connectivity index (χ3v) is 3.77. The highest BCUT2D eigenvalue weighted by atomic mass is 32.2. The van der Waals surface area contributed by atoms with Crippen molar-refractivity contribution in [2.45, 2.75) is 25.1 Å². The Labute approximate surface area is 108 Å². The number of carbonyl (C=O) groups is 1. The zero-order valence-corrected chi connectivity index (χ0v) is 11.0. The van der Waals surface area contributed by atoms with Gasteiger partial charge in [-0.15, -0.1) is 0 Å². The van der Waals surface area contributed by atoms with Crippen molar-refractivity contribution in [3.63, 3.8) is 0 Å². The Bertz CT molecular complexity index is 463. The second-order valence-electron chi connectivity index (χ2n) is 4.22. The Morgan fingerprint density at radius 1 is 1.50 bits per heavy atom. The van der Waals surface area contributed by atoms with Gasteiger partial charge in [-0.25, -0.2) is 4.39 Å². The molecule has 0 aliphatic heterocycles. The molecule has 0 heterocycles. The van der Waals surface area contributed by atoms with E-state index in [1.165, 1.54) is 12.1 Å². The van der Waals surface area contributed by atoms with E-state index in [-0.39, 0.29) is 22.9 Å². The quantitative estimate of drug-likeness (QED) is 0.807. The van der Waals surface area contributed by atoms with Crippen molar-refractivity contribution in [2.24, 2.45) is 11.5 Å². The number of benzene rings is 1. The predicted octanol–water partition coefficient (Wildman–Crippen LogP) is 0.911. The second kappa shape index (κ2) is 6.61. The fourth-order valence-electron chi connectivity index (χ4n) is 1.40. The molecule has 18 heavy (non-hydrogen) atoms. The Balaban J connectivity index is 2.74. The molecule has 1 aromatic rings. The summed E-state index contributed by atoms with van der Waals surface area (Å²) in [4.78, 5) is 11.0. The number of halogens is 1. The van der Waals surface area contributed by atoms with Crippen LogP contribution >= 0.6 is 0 Å². The minimum absolute atomic E-state index is 0.0317. The van der Waals surface area contributed by atoms with Crippen LogP contribution in [-0.4, -0.2) is 21.9 Å². The molecule has 0 spiro atoms. The van der Waals surface area contributed by atoms with Crippen LogP contribution in [0.2, 0.25) is 0 Å². The number of hydrogen-bond donors (Lipinski definition) is 2. The molecule has 0 bridgehead atoms. The van der Waals surface area contributed by atoms with Gasteiger partial charge in [0.25, 0.3) is 0 Å². The zero-order chi connectivity index (χ0) is 13.7. The third kappa shape index (κ3) is 4.54. The van der Waals surface area contributed by atoms with E-state index in [4.69, 9.17) is 11.5 Å². The standard InChI is InChI=1S/C12H17FN2O2S/c1-8(14)4-5-18(17)7-10-6-9(12(15)16)2-3-11(10)13/h2-3,6,8H,4-5,7,14H2,1H3,(H2,15,16). The van der Waals surface area contributed by atoms with E-state index in [1.54, 1.807) is 0 Å². The summed E-state index contributed by atoms with van der Waals surface area (Å²) in [6, 6.07) is 3.79. The SMILES string of the molecule is CC(N)CCS(=O)Cc1cc(C(N)=O)ccc1F. The van der Waals surface area contributed by atoms with Gasteiger partial charge in [-0.05, 0) is 31.5 Å². The summed E-state index contributed by atoms with van der Waals surface area (Å²) in [6.45, 7) is 1.82. The van der Waals surface area contributed by atoms with E-state index in [1.807, 2.05) is 6.92 Å². The first kappa shape index (κ1) is 14.8. The van der Waals surface area contributed by atoms with Gasteiger partial charge in [0.15, 0.2) is 0 Å². The first-order chi connectivity index (χ1) is 8.40. The van der Waals surface area contributed by atoms with Crippen LogP contribution in [0.4, 0.5) is 4.39 Å². The normalized spacial score (nSPS) is 14.2. The molecule has 0 aromatic heterocycles. The van der Waals surface area contributed by atoms with Crippen molar-refractivity contribution in [3.8, 4) is 0 Å². The number of nitrogens with two attached hydrogens (primary N) is 2. The van der Waals surface area contributed by atoms with Crippen molar-refractivity contribution in [2.75, 3.05) is 5.75 Å². The second-order valence-corrected chi connectivity index (χ2v) is 5.80. The van der Waals surface area contributed by atoms with Crippen LogP contribution in [0.1, 0.15) is 29.3 Å². The molecule has 2 atom stereocenters. The van der Waals surface area contributed by atoms with E-state index in [0.717, 1.165) is 6.07 Å². The van der Waals surface area contributed by atoms with Crippen molar-refractivity contribution in [3.05, 3.63) is 35.1 Å². The van der Waals surface area contributed by atoms with Crippen LogP contribution in [0.25, 0.3) is 0 Å². The van der Waals surface area contributed by atoms with Gasteiger partial charge < -0.3 is 11.5 Å². The number of primary amides is 1. The molecule has 0 saturated carbocycles. The highest BCUT2D eigenvalue weighted by Crippen LogP contribution is 2.13. The lowest BCUT2D eigenvalue weighted by molar-refractivity contribution is 0.1000. The molecule has 6 heteroatoms. The average Bonchev–Trinajstić information content (AvgIpc) is 2.29. The van der Waals surface area contributed by atoms with Crippen LogP contribution in [0, 0.1) is 5.82 Å². The highest BCUT2D eigenvalue weighted by molar-refractivity contribution is 7.84. The molecule has 0 radical (unpaired) electrons. The Morgan fingerprint density at radius 3 is 2.72 bits per heavy atom. The fraction of sp³-hybridized carbons (Fsp3) is 0.417. The van der Waals surface area contributed by atoms with Gasteiger partial charge in [0.1, 0.15) is 5.82 Å². The lowest BCUT2D eigenvalue weighted by Gasteiger charge is -2.07. The van der Waals surface area contributed by atoms with Crippen LogP contribution in [0.15, 0.2) is 18.2 Å². The van der Waals surface area contributed by atoms with Crippen LogP contribution in [0.5, 0.6) is 0 Å². The summed E-state index contributed by atoms with van der Waals surface area (Å²) in [7, 11) is -1.20. The van der Waals surface area contributed by atoms with Crippen LogP contribution in [0.3, 0.4) is 0 Å². The minimum Gasteiger partial charge on any atom is -0.366 e. The number of rotatable bonds is 6. The van der Waals surface area contributed by atoms with Crippen molar-refractivity contribution < 1.29 is 13.4 Å². The fourth-order valence-corrected chi connectivity index (χ4v) is 2.75. The Kier molecular flexibility index (Phi) is 5.43. The van der Waals surface area contributed by atoms with E-state index in [9.17, 15) is 13.4 Å². The van der Waals surface area contributed by atoms with Gasteiger partial charge in [0.05, 0.1) is 5.75 Å². The lowest BCUT2D eigenvalue weighted by atomic mass is 10.1. The molecular formula is C12H17FN2O2S. The minimum atomic E-state index is -1.20. The van der Waals surface area contributed by atoms with Gasteiger partial charge in [-0.3, -0.25) is 9.00 Å². The van der Waals surface area contributed by atoms with E-state index in [2.05, 4.69) is 0 Å². The molecule has 100 valence electrons. The van der Waals surface area contributed by atoms with Gasteiger partial charge >= 0.3 is 0 Å². The molecule has 0 aliphatic carbocycles. The maximum Gasteiger partial charge on any atom is 0.248 e. The lowest BCUT2D eigenvalue weighted by Crippen LogP contribution is -2.18. The molecule has 0 aliphatic rings. The summed E-state index contributed by atoms with van der Waals surface area (Å²) < 4.78 is 25.2. The van der Waals surface area contributed by atoms with Gasteiger partial charge in [-0.2, -0.15) is 0 Å². The molecule has 4 nitrogen and oxygen atoms in total. The largest absolute Gasteiger partial charge is 0.366 e. The summed E-state index contributed by atoms with van der Waals surface area (Å²) in [5.74, 6) is -0.621. The van der Waals surface area contributed by atoms with E-state index < -0.39 is 22.5 Å². The van der Waals surface area contributed by atoms with Crippen LogP contribution in [-0.2, 0) is 16.6 Å². The first-order valence-corrected chi connectivity index (χ1v) is 7.07. The van der Waals surface area contributed by atoms with Crippen LogP contribution < -0.4 is 11.5 Å². The van der Waals surface area contributed by atoms with Crippen molar-refractivity contribution in [1.29, 1.82) is 0 Å². The maximum atomic E-state index is 13.5. The summed E-state index contributed by atoms with van der Waals surface area (Å²) in [6.07, 6.45) is 0.615. The molecule has 1 amide bonds. The van der Waals surface area contributed by atoms with Gasteiger partial charge in [0.2, 0.25) is 5.91 Å². The Morgan fingerprint density at radius 2 is 2.17 bits per heavy atom. The monoisotopic (exact) mass is 272 g/mol. The summed E-state index contributed by atoms with van der Waals surface area (Å²) >= 11 is 0. The molecule has 1 aromatic carbocycles. The summed E-state index contributed by atoms with van der Waals surface area (Å²) in [5, 5.41) is 0. The number of hydrogen-bond acceptors (Lipinski definition) is 3. The van der Waals surface area contributed by atoms with E-state index in [0.29, 0.717) is 12.2 Å². The van der Waals surface area contributed by atoms with Crippen molar-refractivity contribution in [1.82, 2.24) is 0 Å². The summed E-state index contributed by atoms with van der Waals surface area (Å²) in [5.41, 5.74) is 11.1. The van der Waals surface area contributed by atoms with Gasteiger partial charge in [0, 0.05) is 33.7 Å². The zero-order valence-electron chi connectivity index (χ0n) is 10.2. The van der Waals surface area contributed by atoms with Gasteiger partial charge in [-0.1, -0.05) is 0 Å². The molecule has 4 N–H and O–H groups in total. The maximum absolute atomic E-state index is 13.5. The van der Waals surface area contributed by atoms with Crippen molar-refractivity contribution >= 4 is 16.7 Å². The molecule has 1 rings (SSSR count). The molecule has 2 unspecified atom stereocenters. The number of carbonyl (C=O) groups excluding carboxylic acids is 1. The Hall–Kier alpha value is -1.27. The molecule has 0 saturated heterocycles. The average molecular weight is 272 g/mol. The first-order valence-electron chi connectivity index (χ1n) is 5.59. The number of amides is 1. The highest BCUT2D eigenvalue weighted by Gasteiger charge is 2.10. The predicted molar refractivity (Wildman–Crippen MR) is 69.9 cm³/mol.